The number of unbranched alkanes of at least 4 members (excludes halogenated alkanes) is 3. The van der Waals surface area contributed by atoms with Crippen molar-refractivity contribution >= 4 is 24.8 Å². The number of carbonyl (C=O) groups excluding carboxylic acids is 1. The SMILES string of the molecule is CCC[CH2][Sn]([CH2]CCC)([CH2]CCC)[O]C(=O)C1c2ccccc2-c2ccccc21. The Morgan fingerprint density at radius 3 is 1.59 bits per heavy atom. The van der Waals surface area contributed by atoms with Crippen LogP contribution >= 0.6 is 0 Å². The Kier molecular flexibility index (Phi) is 8.23. The van der Waals surface area contributed by atoms with Gasteiger partial charge < -0.3 is 0 Å². The van der Waals surface area contributed by atoms with Crippen LogP contribution in [0.3, 0.4) is 0 Å². The molecule has 0 N–H and O–H groups in total. The maximum atomic E-state index is 13.7. The molecule has 0 unspecified atom stereocenters. The predicted molar refractivity (Wildman–Crippen MR) is 125 cm³/mol. The molecule has 1 aliphatic rings. The van der Waals surface area contributed by atoms with Gasteiger partial charge in [-0.15, -0.1) is 0 Å². The van der Waals surface area contributed by atoms with E-state index in [9.17, 15) is 4.79 Å². The van der Waals surface area contributed by atoms with Crippen molar-refractivity contribution < 1.29 is 7.87 Å². The first-order valence-corrected chi connectivity index (χ1v) is 18.8. The zero-order valence-electron chi connectivity index (χ0n) is 18.4. The number of hydrogen-bond acceptors (Lipinski definition) is 2. The number of rotatable bonds is 11. The van der Waals surface area contributed by atoms with Gasteiger partial charge >= 0.3 is 182 Å². The molecule has 2 aromatic rings. The molecule has 0 saturated carbocycles. The summed E-state index contributed by atoms with van der Waals surface area (Å²) in [7, 11) is 0. The molecular weight excluding hydrogens is 463 g/mol. The van der Waals surface area contributed by atoms with Crippen molar-refractivity contribution in [3.63, 3.8) is 0 Å². The number of benzene rings is 2. The average molecular weight is 499 g/mol. The van der Waals surface area contributed by atoms with Gasteiger partial charge in [-0.3, -0.25) is 0 Å². The van der Waals surface area contributed by atoms with Crippen molar-refractivity contribution in [3.05, 3.63) is 59.7 Å². The van der Waals surface area contributed by atoms with Crippen LogP contribution in [0.15, 0.2) is 48.5 Å². The first kappa shape index (κ1) is 22.4. The maximum absolute atomic E-state index is 13.7. The molecule has 3 heteroatoms. The monoisotopic (exact) mass is 500 g/mol. The van der Waals surface area contributed by atoms with Gasteiger partial charge in [0.2, 0.25) is 0 Å². The van der Waals surface area contributed by atoms with Crippen molar-refractivity contribution in [2.75, 3.05) is 0 Å². The van der Waals surface area contributed by atoms with E-state index < -0.39 is 18.8 Å². The van der Waals surface area contributed by atoms with Gasteiger partial charge in [-0.1, -0.05) is 0 Å². The Hall–Kier alpha value is -1.29. The predicted octanol–water partition coefficient (Wildman–Crippen LogP) is 7.69. The van der Waals surface area contributed by atoms with Crippen LogP contribution in [0, 0.1) is 0 Å². The van der Waals surface area contributed by atoms with Crippen LogP contribution in [-0.2, 0) is 7.87 Å². The van der Waals surface area contributed by atoms with E-state index >= 15 is 0 Å². The Morgan fingerprint density at radius 2 is 1.17 bits per heavy atom. The molecule has 0 bridgehead atoms. The van der Waals surface area contributed by atoms with Gasteiger partial charge in [0.05, 0.1) is 0 Å². The Bertz CT molecular complexity index is 747. The molecule has 156 valence electrons. The van der Waals surface area contributed by atoms with Gasteiger partial charge in [-0.05, 0) is 0 Å². The van der Waals surface area contributed by atoms with Gasteiger partial charge in [0, 0.05) is 0 Å². The molecule has 0 heterocycles. The summed E-state index contributed by atoms with van der Waals surface area (Å²) >= 11 is -2.99. The van der Waals surface area contributed by atoms with Crippen LogP contribution in [0.5, 0.6) is 0 Å². The summed E-state index contributed by atoms with van der Waals surface area (Å²) in [6.07, 6.45) is 7.16. The fourth-order valence-electron chi connectivity index (χ4n) is 4.71. The zero-order chi connectivity index (χ0) is 20.7. The summed E-state index contributed by atoms with van der Waals surface area (Å²) in [6.45, 7) is 6.75. The van der Waals surface area contributed by atoms with Crippen molar-refractivity contribution in [2.45, 2.75) is 78.5 Å². The Balaban J connectivity index is 1.92. The molecular formula is C26H36O2Sn. The van der Waals surface area contributed by atoms with E-state index in [-0.39, 0.29) is 11.9 Å². The van der Waals surface area contributed by atoms with Crippen molar-refractivity contribution in [1.29, 1.82) is 0 Å². The first-order valence-electron chi connectivity index (χ1n) is 11.6. The van der Waals surface area contributed by atoms with E-state index in [4.69, 9.17) is 3.07 Å². The van der Waals surface area contributed by atoms with E-state index in [0.29, 0.717) is 0 Å². The second-order valence-electron chi connectivity index (χ2n) is 8.52. The number of fused-ring (bicyclic) bond motifs is 3. The minimum atomic E-state index is -2.99. The van der Waals surface area contributed by atoms with E-state index in [1.807, 2.05) is 12.1 Å². The van der Waals surface area contributed by atoms with Crippen LogP contribution in [0.4, 0.5) is 0 Å². The second kappa shape index (κ2) is 10.7. The molecule has 29 heavy (non-hydrogen) atoms. The van der Waals surface area contributed by atoms with Crippen LogP contribution in [0.1, 0.15) is 76.3 Å². The molecule has 0 amide bonds. The number of hydrogen-bond donors (Lipinski definition) is 0. The average Bonchev–Trinajstić information content (AvgIpc) is 3.09. The fourth-order valence-corrected chi connectivity index (χ4v) is 17.8. The minimum absolute atomic E-state index is 0.0292. The van der Waals surface area contributed by atoms with Gasteiger partial charge in [-0.2, -0.15) is 0 Å². The molecule has 0 aliphatic heterocycles. The van der Waals surface area contributed by atoms with Gasteiger partial charge in [0.1, 0.15) is 0 Å². The molecule has 0 radical (unpaired) electrons. The third-order valence-corrected chi connectivity index (χ3v) is 19.0. The zero-order valence-corrected chi connectivity index (χ0v) is 21.2. The van der Waals surface area contributed by atoms with Crippen molar-refractivity contribution in [2.24, 2.45) is 0 Å². The summed E-state index contributed by atoms with van der Waals surface area (Å²) in [5, 5.41) is 0. The van der Waals surface area contributed by atoms with Crippen LogP contribution in [0.2, 0.25) is 13.3 Å². The Labute approximate surface area is 181 Å². The topological polar surface area (TPSA) is 26.3 Å². The standard InChI is InChI=1S/C14H10O2.3C4H9.Sn/c15-14(16)13-11-7-3-1-5-9(11)10-6-2-4-8-12(10)13;3*1-3-4-2;/h1-8,13H,(H,15,16);3*1,3-4H2,2H3;/q;;;;+1/p-1. The summed E-state index contributed by atoms with van der Waals surface area (Å²) in [5.41, 5.74) is 4.64. The summed E-state index contributed by atoms with van der Waals surface area (Å²) < 4.78 is 10.3. The molecule has 0 aromatic heterocycles. The summed E-state index contributed by atoms with van der Waals surface area (Å²) in [6, 6.07) is 16.7. The van der Waals surface area contributed by atoms with Crippen molar-refractivity contribution in [1.82, 2.24) is 0 Å². The third kappa shape index (κ3) is 5.07. The van der Waals surface area contributed by atoms with Gasteiger partial charge in [0.25, 0.3) is 0 Å². The van der Waals surface area contributed by atoms with E-state index in [1.54, 1.807) is 0 Å². The molecule has 2 nitrogen and oxygen atoms in total. The van der Waals surface area contributed by atoms with E-state index in [1.165, 1.54) is 63.0 Å². The normalized spacial score (nSPS) is 13.2. The van der Waals surface area contributed by atoms with Gasteiger partial charge in [0.15, 0.2) is 0 Å². The molecule has 3 rings (SSSR count). The summed E-state index contributed by atoms with van der Waals surface area (Å²) in [4.78, 5) is 13.7. The quantitative estimate of drug-likeness (QED) is 0.297. The molecule has 0 saturated heterocycles. The summed E-state index contributed by atoms with van der Waals surface area (Å²) in [5.74, 6) is -0.218. The van der Waals surface area contributed by atoms with Crippen LogP contribution in [-0.4, -0.2) is 24.8 Å². The van der Waals surface area contributed by atoms with Crippen LogP contribution in [0.25, 0.3) is 11.1 Å². The molecule has 0 atom stereocenters. The molecule has 1 aliphatic carbocycles. The molecule has 2 aromatic carbocycles. The van der Waals surface area contributed by atoms with Gasteiger partial charge in [-0.25, -0.2) is 0 Å². The number of carbonyl (C=O) groups is 1. The van der Waals surface area contributed by atoms with E-state index in [0.717, 1.165) is 11.1 Å². The molecule has 0 spiro atoms. The van der Waals surface area contributed by atoms with Crippen molar-refractivity contribution in [3.8, 4) is 11.1 Å². The van der Waals surface area contributed by atoms with Crippen LogP contribution < -0.4 is 0 Å². The third-order valence-electron chi connectivity index (χ3n) is 6.34. The second-order valence-corrected chi connectivity index (χ2v) is 20.1. The Morgan fingerprint density at radius 1 is 0.759 bits per heavy atom. The first-order chi connectivity index (χ1) is 14.2. The van der Waals surface area contributed by atoms with E-state index in [2.05, 4.69) is 57.2 Å². The molecule has 0 fully saturated rings. The fraction of sp³-hybridized carbons (Fsp3) is 0.500.